The topological polar surface area (TPSA) is 75.8 Å². The summed E-state index contributed by atoms with van der Waals surface area (Å²) in [7, 11) is 0. The van der Waals surface area contributed by atoms with Crippen LogP contribution in [0.25, 0.3) is 0 Å². The molecule has 6 nitrogen and oxygen atoms in total. The van der Waals surface area contributed by atoms with Crippen LogP contribution in [0.3, 0.4) is 0 Å². The van der Waals surface area contributed by atoms with Crippen LogP contribution < -0.4 is 0 Å². The predicted molar refractivity (Wildman–Crippen MR) is 86.0 cm³/mol. The first-order valence-corrected chi connectivity index (χ1v) is 7.24. The first kappa shape index (κ1) is 14.9. The zero-order valence-electron chi connectivity index (χ0n) is 12.5. The Morgan fingerprint density at radius 1 is 1.17 bits per heavy atom. The number of nitrogens with zero attached hydrogens (tertiary/aromatic N) is 3. The Bertz CT molecular complexity index is 787. The van der Waals surface area contributed by atoms with E-state index < -0.39 is 11.0 Å². The molecular formula is C17H15N3O3. The van der Waals surface area contributed by atoms with Crippen molar-refractivity contribution in [2.75, 3.05) is 0 Å². The Labute approximate surface area is 133 Å². The van der Waals surface area contributed by atoms with E-state index in [4.69, 9.17) is 0 Å². The lowest BCUT2D eigenvalue weighted by molar-refractivity contribution is -0.385. The van der Waals surface area contributed by atoms with Gasteiger partial charge in [-0.15, -0.1) is 0 Å². The highest BCUT2D eigenvalue weighted by molar-refractivity contribution is 6.03. The third kappa shape index (κ3) is 2.83. The summed E-state index contributed by atoms with van der Waals surface area (Å²) in [4.78, 5) is 22.8. The molecule has 1 heterocycles. The van der Waals surface area contributed by atoms with E-state index in [1.165, 1.54) is 18.0 Å². The number of hydrogen-bond acceptors (Lipinski definition) is 4. The van der Waals surface area contributed by atoms with Gasteiger partial charge in [0.2, 0.25) is 5.91 Å². The highest BCUT2D eigenvalue weighted by Crippen LogP contribution is 2.37. The van der Waals surface area contributed by atoms with Crippen molar-refractivity contribution in [3.05, 3.63) is 75.8 Å². The molecule has 116 valence electrons. The largest absolute Gasteiger partial charge is 0.274 e. The lowest BCUT2D eigenvalue weighted by Crippen LogP contribution is -2.24. The van der Waals surface area contributed by atoms with Crippen LogP contribution in [0.5, 0.6) is 0 Å². The maximum Gasteiger partial charge on any atom is 0.274 e. The van der Waals surface area contributed by atoms with Gasteiger partial charge in [0.05, 0.1) is 22.2 Å². The second-order valence-corrected chi connectivity index (χ2v) is 5.31. The number of amides is 1. The van der Waals surface area contributed by atoms with Crippen molar-refractivity contribution in [2.45, 2.75) is 19.4 Å². The minimum Gasteiger partial charge on any atom is -0.273 e. The van der Waals surface area contributed by atoms with Gasteiger partial charge in [-0.1, -0.05) is 42.5 Å². The third-order valence-electron chi connectivity index (χ3n) is 3.83. The zero-order chi connectivity index (χ0) is 16.4. The Morgan fingerprint density at radius 3 is 2.48 bits per heavy atom. The molecule has 1 atom stereocenters. The molecule has 0 bridgehead atoms. The fraction of sp³-hybridized carbons (Fsp3) is 0.176. The van der Waals surface area contributed by atoms with Gasteiger partial charge in [0.25, 0.3) is 5.69 Å². The smallest absolute Gasteiger partial charge is 0.273 e. The summed E-state index contributed by atoms with van der Waals surface area (Å²) in [5, 5.41) is 17.0. The molecule has 0 saturated heterocycles. The first-order valence-electron chi connectivity index (χ1n) is 7.24. The van der Waals surface area contributed by atoms with Gasteiger partial charge in [0.1, 0.15) is 0 Å². The number of nitro benzene ring substituents is 1. The average Bonchev–Trinajstić information content (AvgIpc) is 3.01. The van der Waals surface area contributed by atoms with Crippen LogP contribution in [0.4, 0.5) is 5.69 Å². The highest BCUT2D eigenvalue weighted by atomic mass is 16.6. The Balaban J connectivity index is 2.01. The van der Waals surface area contributed by atoms with Gasteiger partial charge >= 0.3 is 0 Å². The van der Waals surface area contributed by atoms with Gasteiger partial charge in [0, 0.05) is 19.4 Å². The van der Waals surface area contributed by atoms with Crippen molar-refractivity contribution in [3.63, 3.8) is 0 Å². The molecule has 1 aliphatic rings. The van der Waals surface area contributed by atoms with E-state index in [0.29, 0.717) is 12.0 Å². The molecule has 0 aromatic heterocycles. The maximum atomic E-state index is 11.9. The van der Waals surface area contributed by atoms with Crippen LogP contribution >= 0.6 is 0 Å². The number of carbonyl (C=O) groups excluding carboxylic acids is 1. The van der Waals surface area contributed by atoms with Gasteiger partial charge < -0.3 is 0 Å². The summed E-state index contributed by atoms with van der Waals surface area (Å²) in [6.45, 7) is 1.42. The van der Waals surface area contributed by atoms with Crippen molar-refractivity contribution in [2.24, 2.45) is 5.10 Å². The van der Waals surface area contributed by atoms with Crippen molar-refractivity contribution in [1.82, 2.24) is 5.01 Å². The van der Waals surface area contributed by atoms with Crippen LogP contribution in [0.15, 0.2) is 59.7 Å². The van der Waals surface area contributed by atoms with E-state index in [9.17, 15) is 14.9 Å². The molecule has 0 radical (unpaired) electrons. The quantitative estimate of drug-likeness (QED) is 0.645. The maximum absolute atomic E-state index is 11.9. The lowest BCUT2D eigenvalue weighted by Gasteiger charge is -2.20. The highest BCUT2D eigenvalue weighted by Gasteiger charge is 2.35. The summed E-state index contributed by atoms with van der Waals surface area (Å²) < 4.78 is 0. The number of carbonyl (C=O) groups is 1. The molecule has 23 heavy (non-hydrogen) atoms. The monoisotopic (exact) mass is 309 g/mol. The normalized spacial score (nSPS) is 17.0. The number of para-hydroxylation sites is 1. The zero-order valence-corrected chi connectivity index (χ0v) is 12.5. The molecular weight excluding hydrogens is 294 g/mol. The number of benzene rings is 2. The predicted octanol–water partition coefficient (Wildman–Crippen LogP) is 3.29. The summed E-state index contributed by atoms with van der Waals surface area (Å²) in [6, 6.07) is 15.6. The fourth-order valence-electron chi connectivity index (χ4n) is 2.78. The first-order chi connectivity index (χ1) is 11.1. The Hall–Kier alpha value is -3.02. The van der Waals surface area contributed by atoms with E-state index in [1.807, 2.05) is 30.3 Å². The van der Waals surface area contributed by atoms with Gasteiger partial charge in [-0.2, -0.15) is 5.10 Å². The standard InChI is InChI=1S/C17H15N3O3/c1-12(21)19-17(14-9-5-6-10-16(14)20(22)23)11-15(18-19)13-7-3-2-4-8-13/h2-10,17H,11H2,1H3/t17-/m0/s1. The van der Waals surface area contributed by atoms with E-state index in [1.54, 1.807) is 18.2 Å². The van der Waals surface area contributed by atoms with Crippen LogP contribution in [-0.4, -0.2) is 21.6 Å². The number of nitro groups is 1. The van der Waals surface area contributed by atoms with Gasteiger partial charge in [0.15, 0.2) is 0 Å². The van der Waals surface area contributed by atoms with Crippen molar-refractivity contribution >= 4 is 17.3 Å². The fourth-order valence-corrected chi connectivity index (χ4v) is 2.78. The van der Waals surface area contributed by atoms with E-state index >= 15 is 0 Å². The molecule has 3 rings (SSSR count). The SMILES string of the molecule is CC(=O)N1N=C(c2ccccc2)C[C@H]1c1ccccc1[N+](=O)[O-]. The van der Waals surface area contributed by atoms with Gasteiger partial charge in [-0.3, -0.25) is 14.9 Å². The van der Waals surface area contributed by atoms with Crippen LogP contribution in [-0.2, 0) is 4.79 Å². The second kappa shape index (κ2) is 6.00. The Kier molecular flexibility index (Phi) is 3.89. The van der Waals surface area contributed by atoms with Gasteiger partial charge in [-0.25, -0.2) is 5.01 Å². The molecule has 2 aromatic rings. The van der Waals surface area contributed by atoms with Crippen molar-refractivity contribution in [1.29, 1.82) is 0 Å². The molecule has 6 heteroatoms. The van der Waals surface area contributed by atoms with Crippen molar-refractivity contribution < 1.29 is 9.72 Å². The second-order valence-electron chi connectivity index (χ2n) is 5.31. The van der Waals surface area contributed by atoms with E-state index in [0.717, 1.165) is 11.3 Å². The van der Waals surface area contributed by atoms with Crippen LogP contribution in [0, 0.1) is 10.1 Å². The summed E-state index contributed by atoms with van der Waals surface area (Å²) in [6.07, 6.45) is 0.453. The molecule has 0 N–H and O–H groups in total. The number of rotatable bonds is 3. The summed E-state index contributed by atoms with van der Waals surface area (Å²) >= 11 is 0. The molecule has 0 spiro atoms. The number of hydrazone groups is 1. The molecule has 1 aliphatic heterocycles. The van der Waals surface area contributed by atoms with Crippen molar-refractivity contribution in [3.8, 4) is 0 Å². The molecule has 0 fully saturated rings. The lowest BCUT2D eigenvalue weighted by atomic mass is 9.97. The molecule has 0 unspecified atom stereocenters. The minimum absolute atomic E-state index is 0.00765. The van der Waals surface area contributed by atoms with Crippen LogP contribution in [0.1, 0.15) is 30.5 Å². The van der Waals surface area contributed by atoms with Gasteiger partial charge in [-0.05, 0) is 11.6 Å². The number of hydrogen-bond donors (Lipinski definition) is 0. The molecule has 1 amide bonds. The Morgan fingerprint density at radius 2 is 1.83 bits per heavy atom. The summed E-state index contributed by atoms with van der Waals surface area (Å²) in [5.74, 6) is -0.237. The summed E-state index contributed by atoms with van der Waals surface area (Å²) in [5.41, 5.74) is 2.18. The molecule has 2 aromatic carbocycles. The third-order valence-corrected chi connectivity index (χ3v) is 3.83. The van der Waals surface area contributed by atoms with E-state index in [2.05, 4.69) is 5.10 Å². The average molecular weight is 309 g/mol. The molecule has 0 saturated carbocycles. The van der Waals surface area contributed by atoms with E-state index in [-0.39, 0.29) is 11.6 Å². The minimum atomic E-state index is -0.454. The van der Waals surface area contributed by atoms with Crippen LogP contribution in [0.2, 0.25) is 0 Å². The molecule has 0 aliphatic carbocycles.